The lowest BCUT2D eigenvalue weighted by Gasteiger charge is -2.43. The second-order valence-corrected chi connectivity index (χ2v) is 11.1. The first-order valence-electron chi connectivity index (χ1n) is 12.3. The Hall–Kier alpha value is -3.79. The van der Waals surface area contributed by atoms with Crippen molar-refractivity contribution in [3.63, 3.8) is 0 Å². The molecule has 2 aromatic carbocycles. The largest absolute Gasteiger partial charge is 0.444 e. The van der Waals surface area contributed by atoms with Crippen LogP contribution in [0.1, 0.15) is 76.8 Å². The molecule has 0 aliphatic heterocycles. The van der Waals surface area contributed by atoms with Gasteiger partial charge in [-0.05, 0) is 85.1 Å². The van der Waals surface area contributed by atoms with Crippen molar-refractivity contribution < 1.29 is 19.1 Å². The minimum atomic E-state index is -1.07. The molecular formula is C30H39N3O4. The number of alkyl carbamates (subject to hydrolysis) is 1. The number of amides is 3. The van der Waals surface area contributed by atoms with E-state index in [-0.39, 0.29) is 0 Å². The number of anilines is 1. The minimum Gasteiger partial charge on any atom is -0.444 e. The van der Waals surface area contributed by atoms with Gasteiger partial charge in [0.25, 0.3) is 5.91 Å². The molecule has 2 unspecified atom stereocenters. The molecule has 2 rings (SSSR count). The average molecular weight is 506 g/mol. The predicted molar refractivity (Wildman–Crippen MR) is 147 cm³/mol. The number of rotatable bonds is 6. The molecule has 0 saturated carbocycles. The summed E-state index contributed by atoms with van der Waals surface area (Å²) in [7, 11) is 0. The van der Waals surface area contributed by atoms with E-state index in [4.69, 9.17) is 11.2 Å². The lowest BCUT2D eigenvalue weighted by molar-refractivity contribution is -0.146. The highest BCUT2D eigenvalue weighted by Gasteiger charge is 2.41. The number of aryl methyl sites for hydroxylation is 2. The van der Waals surface area contributed by atoms with E-state index >= 15 is 0 Å². The second kappa shape index (κ2) is 11.5. The number of carbonyl (C=O) groups excluding carboxylic acids is 3. The van der Waals surface area contributed by atoms with Gasteiger partial charge in [-0.2, -0.15) is 0 Å². The number of hydrogen-bond acceptors (Lipinski definition) is 4. The topological polar surface area (TPSA) is 87.7 Å². The van der Waals surface area contributed by atoms with Crippen LogP contribution in [0.2, 0.25) is 0 Å². The number of carbonyl (C=O) groups is 3. The number of para-hydroxylation sites is 1. The summed E-state index contributed by atoms with van der Waals surface area (Å²) in [6.45, 7) is 16.1. The summed E-state index contributed by atoms with van der Waals surface area (Å²) in [5, 5.41) is 5.64. The van der Waals surface area contributed by atoms with Gasteiger partial charge in [0.2, 0.25) is 5.91 Å². The first-order valence-corrected chi connectivity index (χ1v) is 12.3. The van der Waals surface area contributed by atoms with Gasteiger partial charge in [0.1, 0.15) is 17.7 Å². The van der Waals surface area contributed by atoms with E-state index in [0.717, 1.165) is 11.1 Å². The van der Waals surface area contributed by atoms with Gasteiger partial charge in [-0.1, -0.05) is 42.3 Å². The van der Waals surface area contributed by atoms with Gasteiger partial charge in [-0.15, -0.1) is 6.42 Å². The normalized spacial score (nSPS) is 13.1. The zero-order chi connectivity index (χ0) is 28.1. The molecule has 0 bridgehead atoms. The maximum atomic E-state index is 14.0. The number of nitrogens with one attached hydrogen (secondary N) is 2. The molecule has 37 heavy (non-hydrogen) atoms. The van der Waals surface area contributed by atoms with Crippen molar-refractivity contribution in [3.8, 4) is 12.3 Å². The molecule has 7 heteroatoms. The zero-order valence-electron chi connectivity index (χ0n) is 23.4. The fourth-order valence-corrected chi connectivity index (χ4v) is 4.07. The standard InChI is InChI=1S/C30H39N3O4/c1-11-22-17-12-13-18-23(22)25(26(34)32-24-19(2)15-14-16-20(24)3)33(29(5,6)7)27(35)21(4)31-28(36)37-30(8,9)10/h1,12-18,21,25H,2-10H3,(H,31,36)(H,32,34). The van der Waals surface area contributed by atoms with Crippen LogP contribution in [-0.2, 0) is 14.3 Å². The van der Waals surface area contributed by atoms with Crippen molar-refractivity contribution >= 4 is 23.6 Å². The maximum absolute atomic E-state index is 14.0. The zero-order valence-corrected chi connectivity index (χ0v) is 23.4. The van der Waals surface area contributed by atoms with E-state index in [2.05, 4.69) is 16.6 Å². The summed E-state index contributed by atoms with van der Waals surface area (Å²) < 4.78 is 5.33. The van der Waals surface area contributed by atoms with E-state index in [0.29, 0.717) is 16.8 Å². The van der Waals surface area contributed by atoms with E-state index in [1.807, 2.05) is 52.8 Å². The van der Waals surface area contributed by atoms with Crippen LogP contribution in [0.3, 0.4) is 0 Å². The highest BCUT2D eigenvalue weighted by Crippen LogP contribution is 2.33. The fraction of sp³-hybridized carbons (Fsp3) is 0.433. The van der Waals surface area contributed by atoms with E-state index in [9.17, 15) is 14.4 Å². The Morgan fingerprint density at radius 3 is 2.03 bits per heavy atom. The van der Waals surface area contributed by atoms with Gasteiger partial charge in [0.15, 0.2) is 0 Å². The van der Waals surface area contributed by atoms with Crippen LogP contribution in [-0.4, -0.2) is 40.0 Å². The van der Waals surface area contributed by atoms with Crippen LogP contribution in [0.25, 0.3) is 0 Å². The van der Waals surface area contributed by atoms with Crippen molar-refractivity contribution in [2.24, 2.45) is 0 Å². The Bertz CT molecular complexity index is 1180. The van der Waals surface area contributed by atoms with Gasteiger partial charge in [-0.3, -0.25) is 9.59 Å². The van der Waals surface area contributed by atoms with Gasteiger partial charge < -0.3 is 20.3 Å². The Kier molecular flexibility index (Phi) is 9.16. The van der Waals surface area contributed by atoms with Crippen molar-refractivity contribution in [2.75, 3.05) is 5.32 Å². The summed E-state index contributed by atoms with van der Waals surface area (Å²) in [5.41, 5.74) is 1.94. The van der Waals surface area contributed by atoms with Crippen molar-refractivity contribution in [1.82, 2.24) is 10.2 Å². The SMILES string of the molecule is C#Cc1ccccc1C(C(=O)Nc1c(C)cccc1C)N(C(=O)C(C)NC(=O)OC(C)(C)C)C(C)(C)C. The van der Waals surface area contributed by atoms with Crippen LogP contribution in [0.15, 0.2) is 42.5 Å². The fourth-order valence-electron chi connectivity index (χ4n) is 4.07. The van der Waals surface area contributed by atoms with E-state index in [1.165, 1.54) is 4.90 Å². The molecular weight excluding hydrogens is 466 g/mol. The first-order chi connectivity index (χ1) is 17.1. The molecule has 0 aromatic heterocycles. The number of hydrogen-bond donors (Lipinski definition) is 2. The first kappa shape index (κ1) is 29.4. The van der Waals surface area contributed by atoms with Crippen molar-refractivity contribution in [3.05, 3.63) is 64.7 Å². The number of nitrogens with zero attached hydrogens (tertiary/aromatic N) is 1. The Balaban J connectivity index is 2.60. The molecule has 0 aliphatic rings. The molecule has 2 aromatic rings. The number of terminal acetylenes is 1. The molecule has 198 valence electrons. The minimum absolute atomic E-state index is 0.409. The smallest absolute Gasteiger partial charge is 0.408 e. The van der Waals surface area contributed by atoms with Gasteiger partial charge in [0, 0.05) is 16.8 Å². The molecule has 7 nitrogen and oxygen atoms in total. The summed E-state index contributed by atoms with van der Waals surface area (Å²) >= 11 is 0. The van der Waals surface area contributed by atoms with Gasteiger partial charge >= 0.3 is 6.09 Å². The number of benzene rings is 2. The summed E-state index contributed by atoms with van der Waals surface area (Å²) in [6.07, 6.45) is 5.08. The molecule has 2 atom stereocenters. The molecule has 0 fully saturated rings. The third-order valence-corrected chi connectivity index (χ3v) is 5.71. The quantitative estimate of drug-likeness (QED) is 0.507. The van der Waals surface area contributed by atoms with Crippen LogP contribution >= 0.6 is 0 Å². The summed E-state index contributed by atoms with van der Waals surface area (Å²) in [4.78, 5) is 41.9. The molecule has 0 saturated heterocycles. The Morgan fingerprint density at radius 2 is 1.51 bits per heavy atom. The van der Waals surface area contributed by atoms with Gasteiger partial charge in [-0.25, -0.2) is 4.79 Å². The van der Waals surface area contributed by atoms with E-state index in [1.54, 1.807) is 52.0 Å². The monoisotopic (exact) mass is 505 g/mol. The van der Waals surface area contributed by atoms with Crippen LogP contribution in [0.5, 0.6) is 0 Å². The van der Waals surface area contributed by atoms with Crippen LogP contribution in [0, 0.1) is 26.2 Å². The van der Waals surface area contributed by atoms with Gasteiger partial charge in [0.05, 0.1) is 0 Å². The van der Waals surface area contributed by atoms with Crippen molar-refractivity contribution in [1.29, 1.82) is 0 Å². The molecule has 2 N–H and O–H groups in total. The van der Waals surface area contributed by atoms with Crippen LogP contribution in [0.4, 0.5) is 10.5 Å². The lowest BCUT2D eigenvalue weighted by atomic mass is 9.92. The Labute approximate surface area is 221 Å². The molecule has 0 aliphatic carbocycles. The molecule has 0 radical (unpaired) electrons. The van der Waals surface area contributed by atoms with E-state index < -0.39 is 41.1 Å². The maximum Gasteiger partial charge on any atom is 0.408 e. The molecule has 0 heterocycles. The second-order valence-electron chi connectivity index (χ2n) is 11.1. The molecule has 3 amide bonds. The highest BCUT2D eigenvalue weighted by atomic mass is 16.6. The average Bonchev–Trinajstić information content (AvgIpc) is 2.77. The summed E-state index contributed by atoms with van der Waals surface area (Å²) in [5.74, 6) is 1.78. The third kappa shape index (κ3) is 7.60. The summed E-state index contributed by atoms with van der Waals surface area (Å²) in [6, 6.07) is 10.8. The predicted octanol–water partition coefficient (Wildman–Crippen LogP) is 5.50. The molecule has 0 spiro atoms. The third-order valence-electron chi connectivity index (χ3n) is 5.71. The highest BCUT2D eigenvalue weighted by molar-refractivity contribution is 6.00. The van der Waals surface area contributed by atoms with Crippen molar-refractivity contribution in [2.45, 2.75) is 85.5 Å². The van der Waals surface area contributed by atoms with Crippen LogP contribution < -0.4 is 10.6 Å². The lowest BCUT2D eigenvalue weighted by Crippen LogP contribution is -2.57. The number of ether oxygens (including phenoxy) is 1. The Morgan fingerprint density at radius 1 is 0.946 bits per heavy atom.